The van der Waals surface area contributed by atoms with Gasteiger partial charge in [-0.1, -0.05) is 18.2 Å². The Morgan fingerprint density at radius 1 is 1.30 bits per heavy atom. The number of hydrogen-bond donors (Lipinski definition) is 3. The zero-order valence-corrected chi connectivity index (χ0v) is 15.2. The number of amides is 1. The maximum atomic E-state index is 12.4. The predicted molar refractivity (Wildman–Crippen MR) is 106 cm³/mol. The van der Waals surface area contributed by atoms with Gasteiger partial charge in [-0.25, -0.2) is 0 Å². The van der Waals surface area contributed by atoms with Crippen LogP contribution in [0.4, 0.5) is 5.69 Å². The second kappa shape index (κ2) is 8.22. The van der Waals surface area contributed by atoms with Gasteiger partial charge in [-0.15, -0.1) is 0 Å². The van der Waals surface area contributed by atoms with E-state index >= 15 is 0 Å². The normalized spacial score (nSPS) is 16.5. The van der Waals surface area contributed by atoms with E-state index in [1.807, 2.05) is 24.4 Å². The zero-order chi connectivity index (χ0) is 18.5. The molecule has 6 heteroatoms. The molecule has 1 aromatic carbocycles. The summed E-state index contributed by atoms with van der Waals surface area (Å²) in [5, 5.41) is 7.49. The van der Waals surface area contributed by atoms with Gasteiger partial charge in [0.15, 0.2) is 0 Å². The molecule has 0 saturated carbocycles. The van der Waals surface area contributed by atoms with E-state index in [0.717, 1.165) is 43.6 Å². The van der Waals surface area contributed by atoms with Gasteiger partial charge in [0.2, 0.25) is 0 Å². The fourth-order valence-corrected chi connectivity index (χ4v) is 3.45. The van der Waals surface area contributed by atoms with E-state index in [0.29, 0.717) is 12.1 Å². The number of carbonyl (C=O) groups excluding carboxylic acids is 1. The first-order chi connectivity index (χ1) is 13.3. The van der Waals surface area contributed by atoms with Crippen molar-refractivity contribution in [1.29, 1.82) is 0 Å². The molecule has 1 aliphatic heterocycles. The average molecular weight is 364 g/mol. The summed E-state index contributed by atoms with van der Waals surface area (Å²) in [5.74, 6) is -0.108. The molecule has 1 saturated heterocycles. The van der Waals surface area contributed by atoms with E-state index in [1.165, 1.54) is 10.9 Å². The summed E-state index contributed by atoms with van der Waals surface area (Å²) in [6, 6.07) is 10.0. The van der Waals surface area contributed by atoms with Crippen LogP contribution in [0.25, 0.3) is 10.9 Å². The molecule has 1 amide bonds. The largest absolute Gasteiger partial charge is 0.381 e. The number of pyridine rings is 1. The van der Waals surface area contributed by atoms with E-state index < -0.39 is 0 Å². The fraction of sp³-hybridized carbons (Fsp3) is 0.333. The topological polar surface area (TPSA) is 79.0 Å². The number of hydrogen-bond acceptors (Lipinski definition) is 4. The molecular formula is C21H24N4O2. The van der Waals surface area contributed by atoms with Crippen molar-refractivity contribution in [3.63, 3.8) is 0 Å². The summed E-state index contributed by atoms with van der Waals surface area (Å²) in [7, 11) is 0. The van der Waals surface area contributed by atoms with Crippen LogP contribution in [0.3, 0.4) is 0 Å². The molecule has 2 aromatic heterocycles. The van der Waals surface area contributed by atoms with Crippen molar-refractivity contribution in [3.8, 4) is 0 Å². The highest BCUT2D eigenvalue weighted by molar-refractivity contribution is 5.94. The lowest BCUT2D eigenvalue weighted by molar-refractivity contribution is 0.0954. The summed E-state index contributed by atoms with van der Waals surface area (Å²) >= 11 is 0. The Morgan fingerprint density at radius 2 is 2.22 bits per heavy atom. The quantitative estimate of drug-likeness (QED) is 0.602. The number of fused-ring (bicyclic) bond motifs is 1. The molecule has 4 rings (SSSR count). The van der Waals surface area contributed by atoms with Gasteiger partial charge in [0.1, 0.15) is 0 Å². The minimum Gasteiger partial charge on any atom is -0.381 e. The van der Waals surface area contributed by atoms with E-state index in [4.69, 9.17) is 4.74 Å². The van der Waals surface area contributed by atoms with Crippen molar-refractivity contribution in [3.05, 3.63) is 60.0 Å². The van der Waals surface area contributed by atoms with Gasteiger partial charge >= 0.3 is 0 Å². The average Bonchev–Trinajstić information content (AvgIpc) is 3.37. The van der Waals surface area contributed by atoms with Crippen LogP contribution in [-0.4, -0.2) is 41.7 Å². The van der Waals surface area contributed by atoms with Crippen LogP contribution in [-0.2, 0) is 11.2 Å². The number of aromatic nitrogens is 2. The van der Waals surface area contributed by atoms with Gasteiger partial charge in [0, 0.05) is 49.2 Å². The number of aromatic amines is 1. The molecule has 3 aromatic rings. The number of nitrogens with one attached hydrogen (secondary N) is 3. The molecule has 1 unspecified atom stereocenters. The first-order valence-corrected chi connectivity index (χ1v) is 9.43. The van der Waals surface area contributed by atoms with Gasteiger partial charge < -0.3 is 20.4 Å². The van der Waals surface area contributed by atoms with Crippen molar-refractivity contribution in [2.24, 2.45) is 0 Å². The highest BCUT2D eigenvalue weighted by atomic mass is 16.5. The summed E-state index contributed by atoms with van der Waals surface area (Å²) < 4.78 is 5.61. The molecular weight excluding hydrogens is 340 g/mol. The van der Waals surface area contributed by atoms with Crippen LogP contribution in [0.15, 0.2) is 48.9 Å². The van der Waals surface area contributed by atoms with Crippen LogP contribution >= 0.6 is 0 Å². The molecule has 0 radical (unpaired) electrons. The second-order valence-electron chi connectivity index (χ2n) is 6.84. The monoisotopic (exact) mass is 364 g/mol. The van der Waals surface area contributed by atoms with E-state index in [2.05, 4.69) is 32.7 Å². The summed E-state index contributed by atoms with van der Waals surface area (Å²) in [4.78, 5) is 19.9. The van der Waals surface area contributed by atoms with E-state index in [-0.39, 0.29) is 12.0 Å². The van der Waals surface area contributed by atoms with Crippen LogP contribution in [0, 0.1) is 0 Å². The summed E-state index contributed by atoms with van der Waals surface area (Å²) in [5.41, 5.74) is 3.73. The first kappa shape index (κ1) is 17.5. The van der Waals surface area contributed by atoms with Gasteiger partial charge in [0.05, 0.1) is 17.4 Å². The van der Waals surface area contributed by atoms with Crippen molar-refractivity contribution in [1.82, 2.24) is 15.3 Å². The van der Waals surface area contributed by atoms with Crippen LogP contribution in [0.2, 0.25) is 0 Å². The number of para-hydroxylation sites is 1. The SMILES string of the molecule is O=C(NCCc1c[nH]c2ccccc12)c1cncc(NCC2CCCO2)c1. The van der Waals surface area contributed by atoms with Crippen LogP contribution in [0.1, 0.15) is 28.8 Å². The molecule has 0 spiro atoms. The molecule has 0 aliphatic carbocycles. The summed E-state index contributed by atoms with van der Waals surface area (Å²) in [6.45, 7) is 2.16. The number of benzene rings is 1. The zero-order valence-electron chi connectivity index (χ0n) is 15.2. The maximum absolute atomic E-state index is 12.4. The maximum Gasteiger partial charge on any atom is 0.252 e. The summed E-state index contributed by atoms with van der Waals surface area (Å²) in [6.07, 6.45) is 8.56. The van der Waals surface area contributed by atoms with Crippen LogP contribution < -0.4 is 10.6 Å². The van der Waals surface area contributed by atoms with E-state index in [1.54, 1.807) is 12.4 Å². The van der Waals surface area contributed by atoms with Gasteiger partial charge in [-0.05, 0) is 37.0 Å². The minimum atomic E-state index is -0.108. The molecule has 0 bridgehead atoms. The predicted octanol–water partition coefficient (Wildman–Crippen LogP) is 3.13. The smallest absolute Gasteiger partial charge is 0.252 e. The second-order valence-corrected chi connectivity index (χ2v) is 6.84. The number of nitrogens with zero attached hydrogens (tertiary/aromatic N) is 1. The van der Waals surface area contributed by atoms with Crippen LogP contribution in [0.5, 0.6) is 0 Å². The molecule has 1 fully saturated rings. The van der Waals surface area contributed by atoms with E-state index in [9.17, 15) is 4.79 Å². The Morgan fingerprint density at radius 3 is 3.11 bits per heavy atom. The third kappa shape index (κ3) is 4.28. The van der Waals surface area contributed by atoms with Crippen molar-refractivity contribution < 1.29 is 9.53 Å². The molecule has 3 heterocycles. The Balaban J connectivity index is 1.30. The lowest BCUT2D eigenvalue weighted by atomic mass is 10.1. The third-order valence-corrected chi connectivity index (χ3v) is 4.91. The number of H-pyrrole nitrogens is 1. The molecule has 3 N–H and O–H groups in total. The van der Waals surface area contributed by atoms with Gasteiger partial charge in [0.25, 0.3) is 5.91 Å². The van der Waals surface area contributed by atoms with Crippen molar-refractivity contribution in [2.75, 3.05) is 25.0 Å². The highest BCUT2D eigenvalue weighted by Gasteiger charge is 2.15. The first-order valence-electron chi connectivity index (χ1n) is 9.43. The Hall–Kier alpha value is -2.86. The van der Waals surface area contributed by atoms with Crippen molar-refractivity contribution in [2.45, 2.75) is 25.4 Å². The molecule has 1 atom stereocenters. The molecule has 6 nitrogen and oxygen atoms in total. The number of ether oxygens (including phenoxy) is 1. The lowest BCUT2D eigenvalue weighted by Gasteiger charge is -2.12. The molecule has 140 valence electrons. The molecule has 1 aliphatic rings. The number of anilines is 1. The lowest BCUT2D eigenvalue weighted by Crippen LogP contribution is -2.26. The van der Waals surface area contributed by atoms with Crippen molar-refractivity contribution >= 4 is 22.5 Å². The number of carbonyl (C=O) groups is 1. The fourth-order valence-electron chi connectivity index (χ4n) is 3.45. The third-order valence-electron chi connectivity index (χ3n) is 4.91. The molecule has 27 heavy (non-hydrogen) atoms. The number of rotatable bonds is 7. The minimum absolute atomic E-state index is 0.108. The Labute approximate surface area is 158 Å². The Bertz CT molecular complexity index is 915. The van der Waals surface area contributed by atoms with Gasteiger partial charge in [-0.2, -0.15) is 0 Å². The highest BCUT2D eigenvalue weighted by Crippen LogP contribution is 2.18. The van der Waals surface area contributed by atoms with Gasteiger partial charge in [-0.3, -0.25) is 9.78 Å². The standard InChI is InChI=1S/C21H24N4O2/c26-21(23-8-7-15-12-25-20-6-2-1-5-19(15)20)16-10-17(13-22-11-16)24-14-18-4-3-9-27-18/h1-2,5-6,10-13,18,24-25H,3-4,7-9,14H2,(H,23,26). The Kier molecular flexibility index (Phi) is 5.34.